The normalized spacial score (nSPS) is 18.2. The Labute approximate surface area is 143 Å². The predicted molar refractivity (Wildman–Crippen MR) is 89.5 cm³/mol. The summed E-state index contributed by atoms with van der Waals surface area (Å²) in [6.07, 6.45) is 1.91. The van der Waals surface area contributed by atoms with Gasteiger partial charge in [0.1, 0.15) is 5.76 Å². The lowest BCUT2D eigenvalue weighted by molar-refractivity contribution is 0.0796. The molecule has 0 N–H and O–H groups in total. The minimum atomic E-state index is 0.163. The van der Waals surface area contributed by atoms with Crippen LogP contribution in [-0.4, -0.2) is 51.1 Å². The summed E-state index contributed by atoms with van der Waals surface area (Å²) in [5.41, 5.74) is 0.983. The van der Waals surface area contributed by atoms with Gasteiger partial charge in [-0.2, -0.15) is 4.98 Å². The van der Waals surface area contributed by atoms with Crippen molar-refractivity contribution in [3.8, 4) is 0 Å². The molecule has 0 aromatic carbocycles. The van der Waals surface area contributed by atoms with Gasteiger partial charge in [-0.15, -0.1) is 0 Å². The molecule has 1 atom stereocenters. The molecule has 1 saturated heterocycles. The fraction of sp³-hybridized carbons (Fsp3) is 0.706. The Morgan fingerprint density at radius 1 is 1.12 bits per heavy atom. The van der Waals surface area contributed by atoms with Gasteiger partial charge in [0.25, 0.3) is 0 Å². The van der Waals surface area contributed by atoms with Crippen molar-refractivity contribution in [1.82, 2.24) is 24.9 Å². The smallest absolute Gasteiger partial charge is 0.243 e. The Morgan fingerprint density at radius 2 is 1.88 bits per heavy atom. The molecule has 132 valence electrons. The van der Waals surface area contributed by atoms with Gasteiger partial charge in [0.15, 0.2) is 5.82 Å². The number of hydrogen-bond acceptors (Lipinski definition) is 7. The third-order valence-electron chi connectivity index (χ3n) is 4.70. The van der Waals surface area contributed by atoms with Gasteiger partial charge in [0.2, 0.25) is 11.8 Å². The Hall–Kier alpha value is -1.73. The second kappa shape index (κ2) is 7.44. The largest absolute Gasteiger partial charge is 0.444 e. The zero-order chi connectivity index (χ0) is 17.1. The first-order valence-electron chi connectivity index (χ1n) is 8.78. The van der Waals surface area contributed by atoms with E-state index in [1.54, 1.807) is 0 Å². The van der Waals surface area contributed by atoms with Crippen LogP contribution in [0.15, 0.2) is 8.94 Å². The lowest BCUT2D eigenvalue weighted by atomic mass is 10.2. The summed E-state index contributed by atoms with van der Waals surface area (Å²) in [7, 11) is 0. The highest BCUT2D eigenvalue weighted by atomic mass is 16.5. The third-order valence-corrected chi connectivity index (χ3v) is 4.70. The highest BCUT2D eigenvalue weighted by molar-refractivity contribution is 5.05. The van der Waals surface area contributed by atoms with Crippen LogP contribution in [0.3, 0.4) is 0 Å². The van der Waals surface area contributed by atoms with E-state index in [4.69, 9.17) is 8.94 Å². The van der Waals surface area contributed by atoms with Crippen LogP contribution in [0.25, 0.3) is 0 Å². The summed E-state index contributed by atoms with van der Waals surface area (Å²) < 4.78 is 11.1. The van der Waals surface area contributed by atoms with E-state index >= 15 is 0 Å². The fourth-order valence-electron chi connectivity index (χ4n) is 3.03. The minimum Gasteiger partial charge on any atom is -0.444 e. The van der Waals surface area contributed by atoms with E-state index in [2.05, 4.69) is 38.8 Å². The Morgan fingerprint density at radius 3 is 2.50 bits per heavy atom. The Kier molecular flexibility index (Phi) is 5.30. The number of aryl methyl sites for hydroxylation is 3. The van der Waals surface area contributed by atoms with Crippen LogP contribution in [0.4, 0.5) is 0 Å². The van der Waals surface area contributed by atoms with Crippen molar-refractivity contribution in [3.05, 3.63) is 29.1 Å². The van der Waals surface area contributed by atoms with E-state index in [1.807, 2.05) is 13.8 Å². The van der Waals surface area contributed by atoms with E-state index < -0.39 is 0 Å². The zero-order valence-corrected chi connectivity index (χ0v) is 15.1. The second-order valence-corrected chi connectivity index (χ2v) is 6.54. The van der Waals surface area contributed by atoms with E-state index in [0.29, 0.717) is 0 Å². The molecule has 3 rings (SSSR count). The van der Waals surface area contributed by atoms with Gasteiger partial charge in [-0.25, -0.2) is 4.98 Å². The molecule has 0 amide bonds. The number of piperazine rings is 1. The summed E-state index contributed by atoms with van der Waals surface area (Å²) in [6, 6.07) is 0.163. The van der Waals surface area contributed by atoms with Crippen molar-refractivity contribution in [3.63, 3.8) is 0 Å². The van der Waals surface area contributed by atoms with Crippen LogP contribution in [0.1, 0.15) is 55.4 Å². The van der Waals surface area contributed by atoms with Crippen LogP contribution >= 0.6 is 0 Å². The summed E-state index contributed by atoms with van der Waals surface area (Å²) in [5.74, 6) is 3.27. The lowest BCUT2D eigenvalue weighted by Crippen LogP contribution is -2.46. The van der Waals surface area contributed by atoms with Gasteiger partial charge in [0.05, 0.1) is 18.3 Å². The summed E-state index contributed by atoms with van der Waals surface area (Å²) in [4.78, 5) is 13.8. The fourth-order valence-corrected chi connectivity index (χ4v) is 3.03. The number of oxazole rings is 1. The molecule has 0 spiro atoms. The highest BCUT2D eigenvalue weighted by Gasteiger charge is 2.26. The number of nitrogens with zero attached hydrogens (tertiary/aromatic N) is 5. The maximum Gasteiger partial charge on any atom is 0.243 e. The Balaban J connectivity index is 1.52. The topological polar surface area (TPSA) is 71.4 Å². The molecule has 1 aliphatic rings. The number of rotatable bonds is 6. The molecule has 1 aliphatic heterocycles. The SMILES string of the molecule is CCCc1noc([C@@H](C)N2CCN(Cc3nc(C)c(C)o3)CC2)n1. The number of hydrogen-bond donors (Lipinski definition) is 0. The van der Waals surface area contributed by atoms with Crippen molar-refractivity contribution in [2.75, 3.05) is 26.2 Å². The van der Waals surface area contributed by atoms with Crippen LogP contribution in [-0.2, 0) is 13.0 Å². The van der Waals surface area contributed by atoms with Crippen molar-refractivity contribution in [1.29, 1.82) is 0 Å². The van der Waals surface area contributed by atoms with Gasteiger partial charge in [-0.1, -0.05) is 12.1 Å². The Bertz CT molecular complexity index is 638. The number of aromatic nitrogens is 3. The van der Waals surface area contributed by atoms with Crippen LogP contribution in [0, 0.1) is 13.8 Å². The molecule has 0 bridgehead atoms. The van der Waals surface area contributed by atoms with Crippen molar-refractivity contribution in [2.24, 2.45) is 0 Å². The van der Waals surface area contributed by atoms with Gasteiger partial charge < -0.3 is 8.94 Å². The van der Waals surface area contributed by atoms with Crippen molar-refractivity contribution >= 4 is 0 Å². The van der Waals surface area contributed by atoms with E-state index in [9.17, 15) is 0 Å². The molecule has 2 aromatic heterocycles. The van der Waals surface area contributed by atoms with E-state index in [-0.39, 0.29) is 6.04 Å². The van der Waals surface area contributed by atoms with Gasteiger partial charge >= 0.3 is 0 Å². The minimum absolute atomic E-state index is 0.163. The molecule has 0 saturated carbocycles. The molecular weight excluding hydrogens is 306 g/mol. The van der Waals surface area contributed by atoms with Crippen LogP contribution < -0.4 is 0 Å². The zero-order valence-electron chi connectivity index (χ0n) is 15.1. The quantitative estimate of drug-likeness (QED) is 0.804. The molecule has 2 aromatic rings. The maximum absolute atomic E-state index is 5.69. The van der Waals surface area contributed by atoms with Crippen LogP contribution in [0.5, 0.6) is 0 Å². The molecule has 3 heterocycles. The summed E-state index contributed by atoms with van der Waals surface area (Å²) in [5, 5.41) is 4.06. The maximum atomic E-state index is 5.69. The van der Waals surface area contributed by atoms with Gasteiger partial charge in [-0.05, 0) is 27.2 Å². The first-order valence-corrected chi connectivity index (χ1v) is 8.78. The molecule has 0 unspecified atom stereocenters. The van der Waals surface area contributed by atoms with Crippen LogP contribution in [0.2, 0.25) is 0 Å². The first-order chi connectivity index (χ1) is 11.6. The molecule has 0 radical (unpaired) electrons. The second-order valence-electron chi connectivity index (χ2n) is 6.54. The van der Waals surface area contributed by atoms with Gasteiger partial charge in [0, 0.05) is 32.6 Å². The van der Waals surface area contributed by atoms with E-state index in [1.165, 1.54) is 0 Å². The molecule has 7 nitrogen and oxygen atoms in total. The summed E-state index contributed by atoms with van der Waals surface area (Å²) in [6.45, 7) is 12.9. The third kappa shape index (κ3) is 3.84. The average molecular weight is 333 g/mol. The van der Waals surface area contributed by atoms with Crippen molar-refractivity contribution in [2.45, 2.75) is 53.1 Å². The monoisotopic (exact) mass is 333 g/mol. The van der Waals surface area contributed by atoms with Gasteiger partial charge in [-0.3, -0.25) is 9.80 Å². The first kappa shape index (κ1) is 17.1. The molecule has 24 heavy (non-hydrogen) atoms. The average Bonchev–Trinajstić information content (AvgIpc) is 3.15. The highest BCUT2D eigenvalue weighted by Crippen LogP contribution is 2.21. The molecular formula is C17H27N5O2. The molecule has 7 heteroatoms. The predicted octanol–water partition coefficient (Wildman–Crippen LogP) is 2.51. The molecule has 0 aliphatic carbocycles. The lowest BCUT2D eigenvalue weighted by Gasteiger charge is -2.36. The standard InChI is InChI=1S/C17H27N5O2/c1-5-6-15-19-17(24-20-15)13(3)22-9-7-21(8-10-22)11-16-18-12(2)14(4)23-16/h13H,5-11H2,1-4H3/t13-/m1/s1. The summed E-state index contributed by atoms with van der Waals surface area (Å²) >= 11 is 0. The van der Waals surface area contributed by atoms with Crippen molar-refractivity contribution < 1.29 is 8.94 Å². The van der Waals surface area contributed by atoms with E-state index in [0.717, 1.165) is 74.6 Å². The molecule has 1 fully saturated rings.